The molecule has 1 aromatic carbocycles. The highest BCUT2D eigenvalue weighted by molar-refractivity contribution is 5.78. The Morgan fingerprint density at radius 1 is 1.11 bits per heavy atom. The molecule has 0 saturated heterocycles. The van der Waals surface area contributed by atoms with Crippen LogP contribution in [0.3, 0.4) is 0 Å². The molecule has 0 aliphatic heterocycles. The lowest BCUT2D eigenvalue weighted by molar-refractivity contribution is -0.204. The van der Waals surface area contributed by atoms with Gasteiger partial charge in [-0.3, -0.25) is 9.59 Å². The molecule has 4 aliphatic carbocycles. The van der Waals surface area contributed by atoms with Crippen molar-refractivity contribution in [3.63, 3.8) is 0 Å². The molecular formula is C23H30O4. The van der Waals surface area contributed by atoms with Crippen molar-refractivity contribution in [1.82, 2.24) is 0 Å². The van der Waals surface area contributed by atoms with Gasteiger partial charge in [-0.1, -0.05) is 37.3 Å². The molecule has 0 amide bonds. The van der Waals surface area contributed by atoms with E-state index in [9.17, 15) is 9.59 Å². The molecule has 1 aromatic rings. The second kappa shape index (κ2) is 6.65. The van der Waals surface area contributed by atoms with Crippen LogP contribution in [0.1, 0.15) is 64.9 Å². The zero-order chi connectivity index (χ0) is 19.2. The second-order valence-electron chi connectivity index (χ2n) is 9.16. The molecule has 0 radical (unpaired) electrons. The van der Waals surface area contributed by atoms with Crippen LogP contribution in [-0.4, -0.2) is 18.0 Å². The van der Waals surface area contributed by atoms with Crippen LogP contribution in [-0.2, 0) is 24.7 Å². The number of carbonyl (C=O) groups excluding carboxylic acids is 2. The minimum atomic E-state index is -0.600. The van der Waals surface area contributed by atoms with E-state index in [0.29, 0.717) is 17.8 Å². The summed E-state index contributed by atoms with van der Waals surface area (Å²) < 4.78 is 11.9. The first-order chi connectivity index (χ1) is 12.8. The first-order valence-electron chi connectivity index (χ1n) is 10.3. The van der Waals surface area contributed by atoms with E-state index in [0.717, 1.165) is 44.1 Å². The van der Waals surface area contributed by atoms with Gasteiger partial charge in [0.15, 0.2) is 0 Å². The van der Waals surface area contributed by atoms with E-state index >= 15 is 0 Å². The standard InChI is InChI=1S/C23H30O4/c1-4-22(3,19-8-6-5-7-9-19)27-21(25)23-12-16-10-17(13-23)20(26-15(2)24)18(11-16)14-23/h5-9,16-18,20H,4,10-14H2,1-3H3. The normalized spacial score (nSPS) is 36.1. The number of esters is 2. The fraction of sp³-hybridized carbons (Fsp3) is 0.652. The van der Waals surface area contributed by atoms with E-state index in [2.05, 4.69) is 6.92 Å². The summed E-state index contributed by atoms with van der Waals surface area (Å²) in [5.41, 5.74) is 0.0540. The molecule has 4 bridgehead atoms. The zero-order valence-electron chi connectivity index (χ0n) is 16.6. The molecule has 4 heteroatoms. The van der Waals surface area contributed by atoms with Gasteiger partial charge < -0.3 is 9.47 Å². The average molecular weight is 370 g/mol. The van der Waals surface area contributed by atoms with Crippen molar-refractivity contribution in [3.8, 4) is 0 Å². The van der Waals surface area contributed by atoms with Crippen molar-refractivity contribution in [2.45, 2.75) is 71.0 Å². The molecule has 27 heavy (non-hydrogen) atoms. The maximum absolute atomic E-state index is 13.4. The summed E-state index contributed by atoms with van der Waals surface area (Å²) in [5, 5.41) is 0. The van der Waals surface area contributed by atoms with Gasteiger partial charge in [0.2, 0.25) is 0 Å². The number of hydrogen-bond donors (Lipinski definition) is 0. The van der Waals surface area contributed by atoms with Crippen LogP contribution < -0.4 is 0 Å². The van der Waals surface area contributed by atoms with Crippen LogP contribution in [0.2, 0.25) is 0 Å². The summed E-state index contributed by atoms with van der Waals surface area (Å²) in [4.78, 5) is 25.0. The molecule has 146 valence electrons. The third-order valence-electron chi connectivity index (χ3n) is 7.30. The third kappa shape index (κ3) is 3.17. The largest absolute Gasteiger partial charge is 0.462 e. The molecule has 0 N–H and O–H groups in total. The maximum Gasteiger partial charge on any atom is 0.312 e. The van der Waals surface area contributed by atoms with Crippen LogP contribution in [0.5, 0.6) is 0 Å². The van der Waals surface area contributed by atoms with Gasteiger partial charge >= 0.3 is 11.9 Å². The van der Waals surface area contributed by atoms with Gasteiger partial charge in [0.25, 0.3) is 0 Å². The molecule has 0 aromatic heterocycles. The molecule has 4 aliphatic rings. The molecule has 3 unspecified atom stereocenters. The first kappa shape index (κ1) is 18.5. The number of ether oxygens (including phenoxy) is 2. The lowest BCUT2D eigenvalue weighted by Gasteiger charge is -2.58. The van der Waals surface area contributed by atoms with Gasteiger partial charge in [-0.15, -0.1) is 0 Å². The SMILES string of the molecule is CCC(C)(OC(=O)C12CC3CC(C1)C(OC(C)=O)C(C3)C2)c1ccccc1. The number of carbonyl (C=O) groups is 2. The van der Waals surface area contributed by atoms with E-state index < -0.39 is 11.0 Å². The highest BCUT2D eigenvalue weighted by atomic mass is 16.6. The summed E-state index contributed by atoms with van der Waals surface area (Å²) in [6.07, 6.45) is 5.41. The van der Waals surface area contributed by atoms with E-state index in [1.54, 1.807) is 0 Å². The van der Waals surface area contributed by atoms with Gasteiger partial charge in [0.1, 0.15) is 11.7 Å². The van der Waals surface area contributed by atoms with Gasteiger partial charge in [-0.2, -0.15) is 0 Å². The Morgan fingerprint density at radius 2 is 1.74 bits per heavy atom. The minimum Gasteiger partial charge on any atom is -0.462 e. The lowest BCUT2D eigenvalue weighted by atomic mass is 9.48. The Bertz CT molecular complexity index is 711. The van der Waals surface area contributed by atoms with Crippen LogP contribution in [0.15, 0.2) is 30.3 Å². The highest BCUT2D eigenvalue weighted by Gasteiger charge is 2.60. The molecule has 4 saturated carbocycles. The number of rotatable bonds is 5. The first-order valence-corrected chi connectivity index (χ1v) is 10.3. The van der Waals surface area contributed by atoms with E-state index in [4.69, 9.17) is 9.47 Å². The van der Waals surface area contributed by atoms with Crippen LogP contribution in [0, 0.1) is 23.2 Å². The monoisotopic (exact) mass is 370 g/mol. The van der Waals surface area contributed by atoms with Crippen molar-refractivity contribution in [3.05, 3.63) is 35.9 Å². The smallest absolute Gasteiger partial charge is 0.312 e. The Kier molecular flexibility index (Phi) is 4.56. The summed E-state index contributed by atoms with van der Waals surface area (Å²) >= 11 is 0. The van der Waals surface area contributed by atoms with Gasteiger partial charge in [-0.25, -0.2) is 0 Å². The molecular weight excluding hydrogens is 340 g/mol. The Labute approximate surface area is 161 Å². The van der Waals surface area contributed by atoms with Gasteiger partial charge in [0, 0.05) is 6.92 Å². The van der Waals surface area contributed by atoms with Crippen molar-refractivity contribution in [2.24, 2.45) is 23.2 Å². The molecule has 0 spiro atoms. The Balaban J connectivity index is 1.55. The highest BCUT2D eigenvalue weighted by Crippen LogP contribution is 2.61. The minimum absolute atomic E-state index is 0.00772. The average Bonchev–Trinajstić information content (AvgIpc) is 2.64. The summed E-state index contributed by atoms with van der Waals surface area (Å²) in [6, 6.07) is 10.0. The summed E-state index contributed by atoms with van der Waals surface area (Å²) in [7, 11) is 0. The third-order valence-corrected chi connectivity index (χ3v) is 7.30. The maximum atomic E-state index is 13.4. The van der Waals surface area contributed by atoms with E-state index in [1.807, 2.05) is 37.3 Å². The summed E-state index contributed by atoms with van der Waals surface area (Å²) in [5.74, 6) is 0.921. The van der Waals surface area contributed by atoms with Crippen molar-refractivity contribution in [1.29, 1.82) is 0 Å². The Morgan fingerprint density at radius 3 is 2.30 bits per heavy atom. The van der Waals surface area contributed by atoms with Crippen LogP contribution in [0.25, 0.3) is 0 Å². The predicted octanol–water partition coefficient (Wildman–Crippen LogP) is 4.61. The second-order valence-corrected chi connectivity index (χ2v) is 9.16. The fourth-order valence-corrected chi connectivity index (χ4v) is 6.05. The number of hydrogen-bond acceptors (Lipinski definition) is 4. The van der Waals surface area contributed by atoms with Crippen molar-refractivity contribution >= 4 is 11.9 Å². The molecule has 4 fully saturated rings. The zero-order valence-corrected chi connectivity index (χ0v) is 16.6. The van der Waals surface area contributed by atoms with Crippen LogP contribution in [0.4, 0.5) is 0 Å². The number of benzene rings is 1. The van der Waals surface area contributed by atoms with E-state index in [-0.39, 0.29) is 18.0 Å². The predicted molar refractivity (Wildman–Crippen MR) is 102 cm³/mol. The lowest BCUT2D eigenvalue weighted by Crippen LogP contribution is -2.58. The topological polar surface area (TPSA) is 52.6 Å². The van der Waals surface area contributed by atoms with E-state index in [1.165, 1.54) is 6.92 Å². The Hall–Kier alpha value is -1.84. The molecule has 5 rings (SSSR count). The summed E-state index contributed by atoms with van der Waals surface area (Å²) in [6.45, 7) is 5.57. The molecule has 3 atom stereocenters. The molecule has 4 nitrogen and oxygen atoms in total. The van der Waals surface area contributed by atoms with Crippen molar-refractivity contribution in [2.75, 3.05) is 0 Å². The molecule has 0 heterocycles. The van der Waals surface area contributed by atoms with Crippen molar-refractivity contribution < 1.29 is 19.1 Å². The van der Waals surface area contributed by atoms with Gasteiger partial charge in [0.05, 0.1) is 5.41 Å². The fourth-order valence-electron chi connectivity index (χ4n) is 6.05. The van der Waals surface area contributed by atoms with Gasteiger partial charge in [-0.05, 0) is 68.8 Å². The van der Waals surface area contributed by atoms with Crippen LogP contribution >= 0.6 is 0 Å². The quantitative estimate of drug-likeness (QED) is 0.710.